The van der Waals surface area contributed by atoms with Gasteiger partial charge in [0.15, 0.2) is 0 Å². The molecule has 1 N–H and O–H groups in total. The highest BCUT2D eigenvalue weighted by Gasteiger charge is 1.95. The van der Waals surface area contributed by atoms with Gasteiger partial charge in [-0.1, -0.05) is 30.3 Å². The fourth-order valence-electron chi connectivity index (χ4n) is 1.55. The van der Waals surface area contributed by atoms with E-state index in [2.05, 4.69) is 36.2 Å². The highest BCUT2D eigenvalue weighted by Crippen LogP contribution is 2.07. The van der Waals surface area contributed by atoms with Gasteiger partial charge in [0.2, 0.25) is 0 Å². The molecule has 0 bridgehead atoms. The number of allylic oxidation sites excluding steroid dienone is 1. The van der Waals surface area contributed by atoms with Crippen LogP contribution in [-0.2, 0) is 17.9 Å². The van der Waals surface area contributed by atoms with Gasteiger partial charge in [-0.15, -0.1) is 6.58 Å². The van der Waals surface area contributed by atoms with Crippen LogP contribution in [0, 0.1) is 0 Å². The summed E-state index contributed by atoms with van der Waals surface area (Å²) in [4.78, 5) is 0. The van der Waals surface area contributed by atoms with E-state index in [1.54, 1.807) is 0 Å². The van der Waals surface area contributed by atoms with Crippen LogP contribution in [0.3, 0.4) is 0 Å². The second-order valence-corrected chi connectivity index (χ2v) is 3.83. The Kier molecular flexibility index (Phi) is 6.54. The van der Waals surface area contributed by atoms with Crippen LogP contribution >= 0.6 is 0 Å². The Bertz CT molecular complexity index is 309. The molecule has 2 nitrogen and oxygen atoms in total. The average molecular weight is 219 g/mol. The first-order valence-corrected chi connectivity index (χ1v) is 5.78. The zero-order chi connectivity index (χ0) is 11.6. The molecule has 0 aliphatic heterocycles. The predicted octanol–water partition coefficient (Wildman–Crippen LogP) is 2.89. The van der Waals surface area contributed by atoms with E-state index in [0.29, 0.717) is 6.61 Å². The van der Waals surface area contributed by atoms with Crippen molar-refractivity contribution in [2.24, 2.45) is 0 Å². The smallest absolute Gasteiger partial charge is 0.0716 e. The van der Waals surface area contributed by atoms with Crippen LogP contribution in [-0.4, -0.2) is 13.7 Å². The van der Waals surface area contributed by atoms with Crippen molar-refractivity contribution < 1.29 is 4.74 Å². The lowest BCUT2D eigenvalue weighted by atomic mass is 10.1. The van der Waals surface area contributed by atoms with E-state index in [9.17, 15) is 0 Å². The molecule has 2 heteroatoms. The molecule has 0 saturated carbocycles. The second-order valence-electron chi connectivity index (χ2n) is 3.83. The summed E-state index contributed by atoms with van der Waals surface area (Å²) >= 11 is 0. The lowest BCUT2D eigenvalue weighted by Crippen LogP contribution is -2.05. The number of rotatable bonds is 8. The van der Waals surface area contributed by atoms with Gasteiger partial charge in [0.05, 0.1) is 6.61 Å². The lowest BCUT2D eigenvalue weighted by molar-refractivity contribution is 0.119. The molecule has 0 radical (unpaired) electrons. The van der Waals surface area contributed by atoms with E-state index in [1.165, 1.54) is 11.1 Å². The highest BCUT2D eigenvalue weighted by molar-refractivity contribution is 5.22. The van der Waals surface area contributed by atoms with Crippen molar-refractivity contribution in [1.82, 2.24) is 5.32 Å². The number of nitrogens with one attached hydrogen (secondary N) is 1. The quantitative estimate of drug-likeness (QED) is 0.536. The third kappa shape index (κ3) is 5.10. The molecule has 1 rings (SSSR count). The monoisotopic (exact) mass is 219 g/mol. The third-order valence-electron chi connectivity index (χ3n) is 2.34. The van der Waals surface area contributed by atoms with Crippen molar-refractivity contribution in [2.75, 3.05) is 13.7 Å². The highest BCUT2D eigenvalue weighted by atomic mass is 16.5. The van der Waals surface area contributed by atoms with Gasteiger partial charge in [0.25, 0.3) is 0 Å². The van der Waals surface area contributed by atoms with Crippen molar-refractivity contribution in [3.63, 3.8) is 0 Å². The first-order valence-electron chi connectivity index (χ1n) is 5.78. The maximum absolute atomic E-state index is 5.59. The van der Waals surface area contributed by atoms with Gasteiger partial charge >= 0.3 is 0 Å². The SMILES string of the molecule is C=CCCCOCc1cccc(CNC)c1. The summed E-state index contributed by atoms with van der Waals surface area (Å²) in [6.45, 7) is 6.10. The molecule has 0 amide bonds. The minimum atomic E-state index is 0.703. The van der Waals surface area contributed by atoms with Gasteiger partial charge in [0.1, 0.15) is 0 Å². The molecular weight excluding hydrogens is 198 g/mol. The van der Waals surface area contributed by atoms with Crippen molar-refractivity contribution in [3.8, 4) is 0 Å². The molecule has 0 heterocycles. The largest absolute Gasteiger partial charge is 0.377 e. The maximum atomic E-state index is 5.59. The van der Waals surface area contributed by atoms with E-state index in [-0.39, 0.29) is 0 Å². The van der Waals surface area contributed by atoms with E-state index in [4.69, 9.17) is 4.74 Å². The average Bonchev–Trinajstić information content (AvgIpc) is 2.30. The topological polar surface area (TPSA) is 21.3 Å². The summed E-state index contributed by atoms with van der Waals surface area (Å²) in [6, 6.07) is 8.49. The lowest BCUT2D eigenvalue weighted by Gasteiger charge is -2.06. The molecule has 0 saturated heterocycles. The first-order chi connectivity index (χ1) is 7.86. The summed E-state index contributed by atoms with van der Waals surface area (Å²) in [7, 11) is 1.96. The van der Waals surface area contributed by atoms with Gasteiger partial charge in [0, 0.05) is 13.2 Å². The van der Waals surface area contributed by atoms with Gasteiger partial charge < -0.3 is 10.1 Å². The van der Waals surface area contributed by atoms with Crippen LogP contribution in [0.4, 0.5) is 0 Å². The van der Waals surface area contributed by atoms with Crippen molar-refractivity contribution in [3.05, 3.63) is 48.0 Å². The van der Waals surface area contributed by atoms with Crippen LogP contribution in [0.15, 0.2) is 36.9 Å². The molecular formula is C14H21NO. The molecule has 0 unspecified atom stereocenters. The standard InChI is InChI=1S/C14H21NO/c1-3-4-5-9-16-12-14-8-6-7-13(10-14)11-15-2/h3,6-8,10,15H,1,4-5,9,11-12H2,2H3. The van der Waals surface area contributed by atoms with E-state index < -0.39 is 0 Å². The number of benzene rings is 1. The number of hydrogen-bond donors (Lipinski definition) is 1. The zero-order valence-electron chi connectivity index (χ0n) is 10.0. The van der Waals surface area contributed by atoms with E-state index in [1.807, 2.05) is 13.1 Å². The predicted molar refractivity (Wildman–Crippen MR) is 68.3 cm³/mol. The molecule has 0 fully saturated rings. The summed E-state index contributed by atoms with van der Waals surface area (Å²) in [5.74, 6) is 0. The maximum Gasteiger partial charge on any atom is 0.0716 e. The second kappa shape index (κ2) is 8.08. The zero-order valence-corrected chi connectivity index (χ0v) is 10.0. The Hall–Kier alpha value is -1.12. The number of ether oxygens (including phenoxy) is 1. The molecule has 0 spiro atoms. The van der Waals surface area contributed by atoms with Gasteiger partial charge in [-0.05, 0) is 31.0 Å². The number of unbranched alkanes of at least 4 members (excludes halogenated alkanes) is 1. The van der Waals surface area contributed by atoms with Crippen LogP contribution in [0.2, 0.25) is 0 Å². The van der Waals surface area contributed by atoms with Crippen LogP contribution in [0.1, 0.15) is 24.0 Å². The van der Waals surface area contributed by atoms with Crippen molar-refractivity contribution >= 4 is 0 Å². The van der Waals surface area contributed by atoms with E-state index >= 15 is 0 Å². The Morgan fingerprint density at radius 3 is 2.94 bits per heavy atom. The number of hydrogen-bond acceptors (Lipinski definition) is 2. The van der Waals surface area contributed by atoms with Gasteiger partial charge in [-0.3, -0.25) is 0 Å². The fourth-order valence-corrected chi connectivity index (χ4v) is 1.55. The molecule has 0 aliphatic carbocycles. The van der Waals surface area contributed by atoms with Crippen LogP contribution in [0.5, 0.6) is 0 Å². The summed E-state index contributed by atoms with van der Waals surface area (Å²) in [5.41, 5.74) is 2.54. The Morgan fingerprint density at radius 1 is 1.38 bits per heavy atom. The Labute approximate surface area is 98.3 Å². The van der Waals surface area contributed by atoms with Crippen molar-refractivity contribution in [2.45, 2.75) is 26.0 Å². The summed E-state index contributed by atoms with van der Waals surface area (Å²) < 4.78 is 5.59. The van der Waals surface area contributed by atoms with Crippen molar-refractivity contribution in [1.29, 1.82) is 0 Å². The first kappa shape index (κ1) is 12.9. The van der Waals surface area contributed by atoms with Gasteiger partial charge in [-0.25, -0.2) is 0 Å². The molecule has 0 aromatic heterocycles. The Morgan fingerprint density at radius 2 is 2.19 bits per heavy atom. The molecule has 88 valence electrons. The minimum Gasteiger partial charge on any atom is -0.377 e. The normalized spacial score (nSPS) is 10.3. The minimum absolute atomic E-state index is 0.703. The molecule has 16 heavy (non-hydrogen) atoms. The summed E-state index contributed by atoms with van der Waals surface area (Å²) in [6.07, 6.45) is 4.01. The van der Waals surface area contributed by atoms with E-state index in [0.717, 1.165) is 26.0 Å². The van der Waals surface area contributed by atoms with Gasteiger partial charge in [-0.2, -0.15) is 0 Å². The molecule has 1 aromatic rings. The van der Waals surface area contributed by atoms with Crippen LogP contribution < -0.4 is 5.32 Å². The van der Waals surface area contributed by atoms with Crippen LogP contribution in [0.25, 0.3) is 0 Å². The summed E-state index contributed by atoms with van der Waals surface area (Å²) in [5, 5.41) is 3.14. The Balaban J connectivity index is 2.30. The molecule has 1 aromatic carbocycles. The fraction of sp³-hybridized carbons (Fsp3) is 0.429. The molecule has 0 atom stereocenters. The molecule has 0 aliphatic rings. The third-order valence-corrected chi connectivity index (χ3v) is 2.34.